The predicted molar refractivity (Wildman–Crippen MR) is 146 cm³/mol. The first-order valence-corrected chi connectivity index (χ1v) is 13.6. The summed E-state index contributed by atoms with van der Waals surface area (Å²) < 4.78 is 0. The van der Waals surface area contributed by atoms with E-state index in [2.05, 4.69) is 99.7 Å². The zero-order valence-electron chi connectivity index (χ0n) is 20.5. The van der Waals surface area contributed by atoms with Crippen molar-refractivity contribution in [2.24, 2.45) is 0 Å². The quantitative estimate of drug-likeness (QED) is 0.274. The lowest BCUT2D eigenvalue weighted by Crippen LogP contribution is -2.20. The Labute approximate surface area is 203 Å². The lowest BCUT2D eigenvalue weighted by Gasteiger charge is -2.17. The van der Waals surface area contributed by atoms with E-state index in [9.17, 15) is 0 Å². The van der Waals surface area contributed by atoms with Crippen LogP contribution >= 0.6 is 0 Å². The molecule has 0 saturated heterocycles. The van der Waals surface area contributed by atoms with E-state index in [-0.39, 0.29) is 0 Å². The van der Waals surface area contributed by atoms with Gasteiger partial charge < -0.3 is 0 Å². The van der Waals surface area contributed by atoms with Gasteiger partial charge in [-0.3, -0.25) is 0 Å². The molecule has 2 radical (unpaired) electrons. The van der Waals surface area contributed by atoms with Crippen molar-refractivity contribution in [3.63, 3.8) is 0 Å². The van der Waals surface area contributed by atoms with Gasteiger partial charge in [-0.25, -0.2) is 0 Å². The Balaban J connectivity index is 1.74. The molecule has 0 heterocycles. The van der Waals surface area contributed by atoms with Crippen molar-refractivity contribution < 1.29 is 0 Å². The summed E-state index contributed by atoms with van der Waals surface area (Å²) in [5.74, 6) is 0. The molecule has 0 atom stereocenters. The first-order chi connectivity index (χ1) is 16.2. The third-order valence-electron chi connectivity index (χ3n) is 6.66. The van der Waals surface area contributed by atoms with Crippen LogP contribution in [0.3, 0.4) is 0 Å². The summed E-state index contributed by atoms with van der Waals surface area (Å²) in [4.78, 5) is 0. The van der Waals surface area contributed by atoms with E-state index in [0.29, 0.717) is 9.52 Å². The average molecular weight is 449 g/mol. The number of benzene rings is 3. The molecule has 0 amide bonds. The highest BCUT2D eigenvalue weighted by molar-refractivity contribution is 6.63. The Morgan fingerprint density at radius 3 is 1.88 bits per heavy atom. The van der Waals surface area contributed by atoms with Crippen LogP contribution in [0, 0.1) is 0 Å². The molecule has 1 heteroatoms. The topological polar surface area (TPSA) is 0 Å². The van der Waals surface area contributed by atoms with E-state index >= 15 is 0 Å². The molecule has 33 heavy (non-hydrogen) atoms. The highest BCUT2D eigenvalue weighted by atomic mass is 28.2. The molecular formula is C32H36Si. The fraction of sp³-hybridized carbons (Fsp3) is 0.312. The summed E-state index contributed by atoms with van der Waals surface area (Å²) >= 11 is 0. The number of rotatable bonds is 10. The van der Waals surface area contributed by atoms with E-state index in [1.807, 2.05) is 0 Å². The van der Waals surface area contributed by atoms with Crippen molar-refractivity contribution in [2.75, 3.05) is 0 Å². The van der Waals surface area contributed by atoms with Gasteiger partial charge in [-0.1, -0.05) is 122 Å². The fourth-order valence-corrected chi connectivity index (χ4v) is 6.00. The van der Waals surface area contributed by atoms with Crippen LogP contribution < -0.4 is 5.19 Å². The molecule has 0 N–H and O–H groups in total. The summed E-state index contributed by atoms with van der Waals surface area (Å²) in [5.41, 5.74) is 9.76. The van der Waals surface area contributed by atoms with E-state index in [0.717, 1.165) is 6.42 Å². The first-order valence-electron chi connectivity index (χ1n) is 12.6. The second-order valence-corrected chi connectivity index (χ2v) is 10.6. The minimum absolute atomic E-state index is 0.716. The summed E-state index contributed by atoms with van der Waals surface area (Å²) in [6, 6.07) is 25.6. The van der Waals surface area contributed by atoms with Crippen LogP contribution in [-0.2, 0) is 12.8 Å². The molecule has 1 aliphatic rings. The predicted octanol–water partition coefficient (Wildman–Crippen LogP) is 8.27. The molecule has 0 fully saturated rings. The summed E-state index contributed by atoms with van der Waals surface area (Å²) in [6.45, 7) is 6.78. The van der Waals surface area contributed by atoms with Gasteiger partial charge in [0.1, 0.15) is 9.52 Å². The van der Waals surface area contributed by atoms with E-state index in [1.165, 1.54) is 82.7 Å². The standard InChI is InChI=1S/C32H36Si/c1-4-6-11-25-16-20-27(21-17-25)29-13-9-15-31(33-30-14-8-10-24(30)3)32(29)28-22-18-26(19-23-28)12-7-5-2/h8-10,13,15-23H,4-7,11-12,14H2,1-3H3. The van der Waals surface area contributed by atoms with Crippen LogP contribution in [0.25, 0.3) is 22.3 Å². The van der Waals surface area contributed by atoms with E-state index < -0.39 is 0 Å². The number of hydrogen-bond donors (Lipinski definition) is 0. The molecule has 0 nitrogen and oxygen atoms in total. The Morgan fingerprint density at radius 1 is 0.727 bits per heavy atom. The van der Waals surface area contributed by atoms with Gasteiger partial charge in [0.25, 0.3) is 0 Å². The molecule has 0 unspecified atom stereocenters. The molecule has 1 aliphatic carbocycles. The first kappa shape index (κ1) is 23.5. The minimum Gasteiger partial charge on any atom is -0.0806 e. The molecule has 0 saturated carbocycles. The zero-order chi connectivity index (χ0) is 23.0. The van der Waals surface area contributed by atoms with Crippen LogP contribution in [0.4, 0.5) is 0 Å². The summed E-state index contributed by atoms with van der Waals surface area (Å²) in [5, 5.41) is 3.03. The maximum absolute atomic E-state index is 2.35. The third-order valence-corrected chi connectivity index (χ3v) is 8.25. The monoisotopic (exact) mass is 448 g/mol. The second-order valence-electron chi connectivity index (χ2n) is 9.22. The van der Waals surface area contributed by atoms with Crippen LogP contribution in [0.2, 0.25) is 0 Å². The highest BCUT2D eigenvalue weighted by Gasteiger charge is 2.16. The zero-order valence-corrected chi connectivity index (χ0v) is 21.5. The molecular weight excluding hydrogens is 412 g/mol. The second kappa shape index (κ2) is 11.5. The van der Waals surface area contributed by atoms with Crippen LogP contribution in [0.15, 0.2) is 89.7 Å². The number of allylic oxidation sites excluding steroid dienone is 4. The van der Waals surface area contributed by atoms with Crippen molar-refractivity contribution in [1.82, 2.24) is 0 Å². The molecule has 3 aromatic rings. The number of hydrogen-bond acceptors (Lipinski definition) is 0. The Morgan fingerprint density at radius 2 is 1.33 bits per heavy atom. The van der Waals surface area contributed by atoms with Crippen LogP contribution in [-0.4, -0.2) is 9.52 Å². The Bertz CT molecular complexity index is 1110. The van der Waals surface area contributed by atoms with E-state index in [1.54, 1.807) is 5.20 Å². The van der Waals surface area contributed by atoms with Crippen LogP contribution in [0.5, 0.6) is 0 Å². The SMILES string of the molecule is CCCCc1ccc(-c2cccc([Si]C3=C(C)C=CC3)c2-c2ccc(CCCC)cc2)cc1. The van der Waals surface area contributed by atoms with Crippen molar-refractivity contribution in [3.8, 4) is 22.3 Å². The maximum atomic E-state index is 2.35. The number of unbranched alkanes of at least 4 members (excludes halogenated alkanes) is 2. The van der Waals surface area contributed by atoms with Gasteiger partial charge in [0.15, 0.2) is 0 Å². The van der Waals surface area contributed by atoms with Crippen molar-refractivity contribution in [3.05, 3.63) is 101 Å². The fourth-order valence-electron chi connectivity index (χ4n) is 4.59. The van der Waals surface area contributed by atoms with Crippen molar-refractivity contribution in [1.29, 1.82) is 0 Å². The van der Waals surface area contributed by atoms with Gasteiger partial charge in [0, 0.05) is 0 Å². The Kier molecular flexibility index (Phi) is 8.18. The van der Waals surface area contributed by atoms with Crippen LogP contribution in [0.1, 0.15) is 64.0 Å². The molecule has 4 rings (SSSR count). The normalized spacial score (nSPS) is 13.2. The molecule has 0 bridgehead atoms. The minimum atomic E-state index is 0.716. The molecule has 0 aromatic heterocycles. The lowest BCUT2D eigenvalue weighted by molar-refractivity contribution is 0.795. The third kappa shape index (κ3) is 5.84. The molecule has 0 aliphatic heterocycles. The Hall–Kier alpha value is -2.64. The van der Waals surface area contributed by atoms with Gasteiger partial charge in [-0.15, -0.1) is 0 Å². The van der Waals surface area contributed by atoms with Gasteiger partial charge in [-0.05, 0) is 72.4 Å². The summed E-state index contributed by atoms with van der Waals surface area (Å²) in [6.07, 6.45) is 13.0. The molecule has 3 aromatic carbocycles. The average Bonchev–Trinajstić information content (AvgIpc) is 3.26. The molecule has 168 valence electrons. The van der Waals surface area contributed by atoms with Crippen molar-refractivity contribution >= 4 is 14.7 Å². The number of aryl methyl sites for hydroxylation is 2. The summed E-state index contributed by atoms with van der Waals surface area (Å²) in [7, 11) is 0.716. The highest BCUT2D eigenvalue weighted by Crippen LogP contribution is 2.32. The van der Waals surface area contributed by atoms with Gasteiger partial charge in [0.2, 0.25) is 0 Å². The maximum Gasteiger partial charge on any atom is 0.117 e. The van der Waals surface area contributed by atoms with Gasteiger partial charge in [0.05, 0.1) is 0 Å². The lowest BCUT2D eigenvalue weighted by atomic mass is 9.92. The molecule has 0 spiro atoms. The van der Waals surface area contributed by atoms with E-state index in [4.69, 9.17) is 0 Å². The van der Waals surface area contributed by atoms with Gasteiger partial charge in [-0.2, -0.15) is 0 Å². The van der Waals surface area contributed by atoms with Gasteiger partial charge >= 0.3 is 0 Å². The van der Waals surface area contributed by atoms with Crippen molar-refractivity contribution in [2.45, 2.75) is 65.7 Å². The smallest absolute Gasteiger partial charge is 0.0806 e. The largest absolute Gasteiger partial charge is 0.117 e.